The minimum absolute atomic E-state index is 0.0642. The molecular formula is C35H28N8O14S4. The van der Waals surface area contributed by atoms with Gasteiger partial charge in [-0.1, -0.05) is 23.9 Å². The number of azo groups is 3. The first kappa shape index (κ1) is 42.8. The maximum absolute atomic E-state index is 12.1. The molecule has 10 N–H and O–H groups in total. The molecule has 0 fully saturated rings. The highest BCUT2D eigenvalue weighted by Crippen LogP contribution is 2.55. The van der Waals surface area contributed by atoms with Crippen molar-refractivity contribution in [1.29, 1.82) is 0 Å². The van der Waals surface area contributed by atoms with Gasteiger partial charge in [0.2, 0.25) is 5.50 Å². The molecule has 0 spiro atoms. The van der Waals surface area contributed by atoms with Crippen LogP contribution in [0.25, 0.3) is 21.5 Å². The van der Waals surface area contributed by atoms with E-state index in [1.165, 1.54) is 43.1 Å². The number of anilines is 1. The molecule has 22 nitrogen and oxygen atoms in total. The molecule has 1 aliphatic carbocycles. The molecule has 0 bridgehead atoms. The lowest BCUT2D eigenvalue weighted by atomic mass is 10.1. The van der Waals surface area contributed by atoms with E-state index in [0.717, 1.165) is 42.5 Å². The molecule has 0 radical (unpaired) electrons. The normalized spacial score (nSPS) is 17.4. The van der Waals surface area contributed by atoms with E-state index < -0.39 is 80.1 Å². The van der Waals surface area contributed by atoms with Crippen LogP contribution in [0, 0.1) is 0 Å². The predicted octanol–water partition coefficient (Wildman–Crippen LogP) is 8.41. The summed E-state index contributed by atoms with van der Waals surface area (Å²) in [4.78, 5) is 13.8. The highest BCUT2D eigenvalue weighted by molar-refractivity contribution is 8.19. The summed E-state index contributed by atoms with van der Waals surface area (Å²) in [5.41, 5.74) is 4.44. The summed E-state index contributed by atoms with van der Waals surface area (Å²) in [5.74, 6) is -2.60. The van der Waals surface area contributed by atoms with Gasteiger partial charge in [0.25, 0.3) is 20.2 Å². The number of nitrogens with two attached hydrogens (primary N) is 1. The Balaban J connectivity index is 1.22. The predicted molar refractivity (Wildman–Crippen MR) is 222 cm³/mol. The lowest BCUT2D eigenvalue weighted by Crippen LogP contribution is -2.14. The Kier molecular flexibility index (Phi) is 11.2. The Hall–Kier alpha value is -6.36. The second-order valence-corrected chi connectivity index (χ2v) is 18.3. The van der Waals surface area contributed by atoms with Crippen molar-refractivity contribution in [3.05, 3.63) is 84.5 Å². The number of phenols is 2. The van der Waals surface area contributed by atoms with Gasteiger partial charge in [-0.05, 0) is 60.0 Å². The second-order valence-electron chi connectivity index (χ2n) is 12.8. The number of phenolic OH excluding ortho intramolecular Hbond substituents is 2. The standard InChI is InChI=1S/C35H28N8O14S4/c1-57-28-14-25(40-42-32-31(61(54,55)56)10-16-9-30(60(51,52)53)21(36)12-19(16)33(32)45)27(44)13-26(28)41-38-23-7-6-22(18-4-3-17(11-20(18)23)59(48,49)50)39-43-35-37-24-5-2-15(34(46)47)8-29(24)58-35/h2-14,29,35,44-45,54-56H,36H2,1H3,(H,46,47)(H,48,49,50)(H,51,52,53). The number of hydrogen-bond donors (Lipinski definition) is 9. The van der Waals surface area contributed by atoms with Gasteiger partial charge in [-0.2, -0.15) is 21.9 Å². The van der Waals surface area contributed by atoms with Gasteiger partial charge in [-0.25, -0.2) is 9.79 Å². The first-order valence-corrected chi connectivity index (χ1v) is 22.1. The Morgan fingerprint density at radius 2 is 1.43 bits per heavy atom. The van der Waals surface area contributed by atoms with Crippen LogP contribution in [0.3, 0.4) is 0 Å². The smallest absolute Gasteiger partial charge is 0.335 e. The van der Waals surface area contributed by atoms with Crippen LogP contribution in [0.1, 0.15) is 0 Å². The monoisotopic (exact) mass is 912 g/mol. The number of carbonyl (C=O) groups is 1. The van der Waals surface area contributed by atoms with E-state index in [2.05, 4.69) is 35.7 Å². The van der Waals surface area contributed by atoms with Crippen molar-refractivity contribution in [2.75, 3.05) is 12.8 Å². The largest absolute Gasteiger partial charge is 0.506 e. The number of thioether (sulfide) groups is 1. The van der Waals surface area contributed by atoms with Crippen LogP contribution < -0.4 is 10.5 Å². The van der Waals surface area contributed by atoms with Gasteiger partial charge >= 0.3 is 5.97 Å². The molecule has 0 aromatic heterocycles. The van der Waals surface area contributed by atoms with E-state index in [1.807, 2.05) is 0 Å². The fraction of sp³-hybridized carbons (Fsp3) is 0.0857. The number of ether oxygens (including phenoxy) is 1. The SMILES string of the molecule is COc1cc(N=Nc2c(S(O)(O)O)cc3cc(S(=O)(=O)O)c(N)cc3c2O)c(O)cc1N=Nc1ccc(N=NC2N=C3C=CC(C(=O)O)=CC3S2)c2ccc(S(=O)(=O)O)cc12. The molecule has 316 valence electrons. The van der Waals surface area contributed by atoms with Gasteiger partial charge in [-0.3, -0.25) is 9.11 Å². The number of hydrogen-bond acceptors (Lipinski definition) is 20. The molecule has 2 aliphatic rings. The fourth-order valence-corrected chi connectivity index (χ4v) is 8.90. The second kappa shape index (κ2) is 15.9. The Morgan fingerprint density at radius 3 is 2.08 bits per heavy atom. The number of aliphatic carboxylic acids is 1. The number of nitrogen functional groups attached to an aromatic ring is 1. The summed E-state index contributed by atoms with van der Waals surface area (Å²) in [6, 6.07) is 11.4. The Labute approximate surface area is 348 Å². The quantitative estimate of drug-likeness (QED) is 0.0341. The van der Waals surface area contributed by atoms with Gasteiger partial charge in [0.1, 0.15) is 44.3 Å². The zero-order valence-corrected chi connectivity index (χ0v) is 33.8. The minimum atomic E-state index is -4.85. The molecule has 5 aromatic rings. The van der Waals surface area contributed by atoms with Crippen LogP contribution in [0.4, 0.5) is 34.1 Å². The lowest BCUT2D eigenvalue weighted by Gasteiger charge is -2.22. The van der Waals surface area contributed by atoms with Gasteiger partial charge in [0, 0.05) is 28.3 Å². The summed E-state index contributed by atoms with van der Waals surface area (Å²) in [6.45, 7) is 0. The third-order valence-corrected chi connectivity index (χ3v) is 12.7. The van der Waals surface area contributed by atoms with Crippen molar-refractivity contribution in [3.8, 4) is 17.2 Å². The van der Waals surface area contributed by atoms with E-state index in [9.17, 15) is 59.7 Å². The molecule has 5 aromatic carbocycles. The molecule has 26 heteroatoms. The Morgan fingerprint density at radius 1 is 0.754 bits per heavy atom. The van der Waals surface area contributed by atoms with Crippen LogP contribution in [-0.2, 0) is 25.0 Å². The van der Waals surface area contributed by atoms with Crippen LogP contribution in [0.5, 0.6) is 17.2 Å². The average Bonchev–Trinajstić information content (AvgIpc) is 3.60. The maximum Gasteiger partial charge on any atom is 0.335 e. The number of rotatable bonds is 11. The molecule has 2 atom stereocenters. The number of carboxylic acid groups (broad SMARTS) is 1. The van der Waals surface area contributed by atoms with Crippen LogP contribution >= 0.6 is 22.6 Å². The number of allylic oxidation sites excluding steroid dienone is 1. The number of aliphatic imine (C=N–C) groups is 1. The van der Waals surface area contributed by atoms with E-state index >= 15 is 0 Å². The summed E-state index contributed by atoms with van der Waals surface area (Å²) in [6.07, 6.45) is 4.58. The maximum atomic E-state index is 12.1. The number of nitrogens with zero attached hydrogens (tertiary/aromatic N) is 7. The zero-order chi connectivity index (χ0) is 44.2. The molecule has 0 amide bonds. The number of carboxylic acids is 1. The fourth-order valence-electron chi connectivity index (χ4n) is 6.03. The number of fused-ring (bicyclic) bond motifs is 3. The van der Waals surface area contributed by atoms with Crippen molar-refractivity contribution in [2.24, 2.45) is 35.7 Å². The summed E-state index contributed by atoms with van der Waals surface area (Å²) < 4.78 is 103. The van der Waals surface area contributed by atoms with Gasteiger partial charge in [0.15, 0.2) is 5.75 Å². The molecule has 1 heterocycles. The van der Waals surface area contributed by atoms with Gasteiger partial charge < -0.3 is 39.4 Å². The van der Waals surface area contributed by atoms with Crippen molar-refractivity contribution in [2.45, 2.75) is 25.4 Å². The van der Waals surface area contributed by atoms with Crippen molar-refractivity contribution in [3.63, 3.8) is 0 Å². The van der Waals surface area contributed by atoms with E-state index in [4.69, 9.17) is 10.5 Å². The van der Waals surface area contributed by atoms with Crippen LogP contribution in [0.15, 0.2) is 135 Å². The summed E-state index contributed by atoms with van der Waals surface area (Å²) >= 11 is 1.25. The first-order valence-electron chi connectivity index (χ1n) is 16.8. The third kappa shape index (κ3) is 8.78. The van der Waals surface area contributed by atoms with Crippen molar-refractivity contribution >= 4 is 110 Å². The summed E-state index contributed by atoms with van der Waals surface area (Å²) in [5, 5.41) is 55.6. The average molecular weight is 913 g/mol. The highest BCUT2D eigenvalue weighted by atomic mass is 32.3. The highest BCUT2D eigenvalue weighted by Gasteiger charge is 2.30. The van der Waals surface area contributed by atoms with E-state index in [1.54, 1.807) is 12.2 Å². The lowest BCUT2D eigenvalue weighted by molar-refractivity contribution is -0.132. The van der Waals surface area contributed by atoms with E-state index in [-0.39, 0.29) is 55.5 Å². The molecule has 2 unspecified atom stereocenters. The van der Waals surface area contributed by atoms with Gasteiger partial charge in [0.05, 0.1) is 50.5 Å². The molecule has 7 rings (SSSR count). The van der Waals surface area contributed by atoms with Crippen molar-refractivity contribution in [1.82, 2.24) is 0 Å². The number of aromatic hydroxyl groups is 2. The zero-order valence-electron chi connectivity index (χ0n) is 30.5. The molecule has 0 saturated carbocycles. The minimum Gasteiger partial charge on any atom is -0.506 e. The topological polar surface area (TPSA) is 369 Å². The van der Waals surface area contributed by atoms with Crippen molar-refractivity contribution < 1.29 is 64.5 Å². The van der Waals surface area contributed by atoms with E-state index in [0.29, 0.717) is 11.1 Å². The summed E-state index contributed by atoms with van der Waals surface area (Å²) in [7, 11) is -13.0. The molecular weight excluding hydrogens is 885 g/mol. The Bertz CT molecular complexity index is 3130. The molecule has 1 aliphatic heterocycles. The van der Waals surface area contributed by atoms with Gasteiger partial charge in [-0.15, -0.1) is 25.6 Å². The molecule has 61 heavy (non-hydrogen) atoms. The van der Waals surface area contributed by atoms with Crippen LogP contribution in [-0.4, -0.2) is 84.5 Å². The number of methoxy groups -OCH3 is 1. The number of benzene rings is 5. The molecule has 0 saturated heterocycles. The third-order valence-electron chi connectivity index (χ3n) is 8.89. The first-order chi connectivity index (χ1) is 28.6. The van der Waals surface area contributed by atoms with Crippen LogP contribution in [0.2, 0.25) is 0 Å².